The lowest BCUT2D eigenvalue weighted by Gasteiger charge is -2.15. The molecule has 0 aromatic heterocycles. The summed E-state index contributed by atoms with van der Waals surface area (Å²) in [5.41, 5.74) is 6.33. The summed E-state index contributed by atoms with van der Waals surface area (Å²) in [6.07, 6.45) is 0. The second-order valence-corrected chi connectivity index (χ2v) is 4.58. The average molecular weight is 271 g/mol. The molecule has 0 spiro atoms. The molecule has 0 radical (unpaired) electrons. The van der Waals surface area contributed by atoms with Crippen LogP contribution in [0.3, 0.4) is 0 Å². The Kier molecular flexibility index (Phi) is 4.06. The summed E-state index contributed by atoms with van der Waals surface area (Å²) in [5, 5.41) is 3.29. The lowest BCUT2D eigenvalue weighted by atomic mass is 10.0. The summed E-state index contributed by atoms with van der Waals surface area (Å²) in [6.45, 7) is 0.751. The number of anilines is 1. The topological polar surface area (TPSA) is 73.6 Å². The maximum Gasteiger partial charge on any atom is 0.231 e. The van der Waals surface area contributed by atoms with E-state index >= 15 is 0 Å². The van der Waals surface area contributed by atoms with Crippen molar-refractivity contribution in [1.29, 1.82) is 0 Å². The van der Waals surface area contributed by atoms with E-state index in [2.05, 4.69) is 5.32 Å². The van der Waals surface area contributed by atoms with Crippen molar-refractivity contribution >= 4 is 23.2 Å². The van der Waals surface area contributed by atoms with Gasteiger partial charge in [-0.05, 0) is 18.2 Å². The first kappa shape index (κ1) is 13.1. The minimum Gasteiger partial charge on any atom is -0.495 e. The van der Waals surface area contributed by atoms with E-state index in [0.29, 0.717) is 29.7 Å². The smallest absolute Gasteiger partial charge is 0.231 e. The van der Waals surface area contributed by atoms with Crippen molar-refractivity contribution in [3.05, 3.63) is 23.2 Å². The fourth-order valence-corrected chi connectivity index (χ4v) is 2.02. The number of carbonyl (C=O) groups is 1. The predicted octanol–water partition coefficient (Wildman–Crippen LogP) is 1.26. The summed E-state index contributed by atoms with van der Waals surface area (Å²) < 4.78 is 10.3. The van der Waals surface area contributed by atoms with Crippen LogP contribution in [0.15, 0.2) is 18.2 Å². The van der Waals surface area contributed by atoms with Crippen LogP contribution in [0.1, 0.15) is 0 Å². The molecule has 2 rings (SSSR count). The van der Waals surface area contributed by atoms with E-state index in [1.807, 2.05) is 0 Å². The first-order valence-corrected chi connectivity index (χ1v) is 5.97. The molecule has 1 amide bonds. The Hall–Kier alpha value is -1.30. The summed E-state index contributed by atoms with van der Waals surface area (Å²) in [4.78, 5) is 12.0. The van der Waals surface area contributed by atoms with Gasteiger partial charge in [-0.25, -0.2) is 0 Å². The maximum absolute atomic E-state index is 12.0. The minimum absolute atomic E-state index is 0.180. The van der Waals surface area contributed by atoms with Crippen molar-refractivity contribution in [1.82, 2.24) is 0 Å². The number of hydrogen-bond donors (Lipinski definition) is 2. The molecule has 0 aliphatic carbocycles. The fourth-order valence-electron chi connectivity index (χ4n) is 1.84. The number of amides is 1. The monoisotopic (exact) mass is 270 g/mol. The highest BCUT2D eigenvalue weighted by Crippen LogP contribution is 2.28. The molecule has 1 aromatic rings. The number of methoxy groups -OCH3 is 1. The molecule has 1 saturated heterocycles. The van der Waals surface area contributed by atoms with Crippen LogP contribution >= 0.6 is 11.6 Å². The van der Waals surface area contributed by atoms with E-state index in [-0.39, 0.29) is 17.9 Å². The zero-order valence-electron chi connectivity index (χ0n) is 9.98. The van der Waals surface area contributed by atoms with Crippen molar-refractivity contribution in [2.45, 2.75) is 6.04 Å². The van der Waals surface area contributed by atoms with Crippen molar-refractivity contribution in [3.63, 3.8) is 0 Å². The third-order valence-electron chi connectivity index (χ3n) is 2.88. The van der Waals surface area contributed by atoms with Crippen molar-refractivity contribution in [2.75, 3.05) is 25.6 Å². The van der Waals surface area contributed by atoms with Gasteiger partial charge >= 0.3 is 0 Å². The number of hydrogen-bond acceptors (Lipinski definition) is 4. The fraction of sp³-hybridized carbons (Fsp3) is 0.417. The molecule has 5 nitrogen and oxygen atoms in total. The zero-order chi connectivity index (χ0) is 13.1. The molecule has 2 atom stereocenters. The van der Waals surface area contributed by atoms with E-state index in [1.54, 1.807) is 18.2 Å². The highest BCUT2D eigenvalue weighted by Gasteiger charge is 2.31. The Labute approximate surface area is 110 Å². The van der Waals surface area contributed by atoms with Crippen molar-refractivity contribution in [3.8, 4) is 5.75 Å². The number of nitrogens with two attached hydrogens (primary N) is 1. The van der Waals surface area contributed by atoms with Crippen LogP contribution in [0.2, 0.25) is 5.02 Å². The Morgan fingerprint density at radius 1 is 1.56 bits per heavy atom. The molecule has 1 fully saturated rings. The molecule has 0 bridgehead atoms. The largest absolute Gasteiger partial charge is 0.495 e. The molecule has 0 saturated carbocycles. The molecule has 1 heterocycles. The van der Waals surface area contributed by atoms with Crippen LogP contribution in [0.5, 0.6) is 5.75 Å². The SMILES string of the molecule is COc1ccc(Cl)cc1NC(=O)C1COCC1N. The predicted molar refractivity (Wildman–Crippen MR) is 68.9 cm³/mol. The van der Waals surface area contributed by atoms with Gasteiger partial charge in [0.2, 0.25) is 5.91 Å². The maximum atomic E-state index is 12.0. The van der Waals surface area contributed by atoms with Gasteiger partial charge in [0.1, 0.15) is 5.75 Å². The lowest BCUT2D eigenvalue weighted by molar-refractivity contribution is -0.120. The Balaban J connectivity index is 2.13. The standard InChI is InChI=1S/C12H15ClN2O3/c1-17-11-3-2-7(13)4-10(11)15-12(16)8-5-18-6-9(8)14/h2-4,8-9H,5-6,14H2,1H3,(H,15,16). The van der Waals surface area contributed by atoms with Crippen LogP contribution in [-0.4, -0.2) is 32.3 Å². The van der Waals surface area contributed by atoms with E-state index < -0.39 is 0 Å². The molecular weight excluding hydrogens is 256 g/mol. The molecule has 98 valence electrons. The number of ether oxygens (including phenoxy) is 2. The van der Waals surface area contributed by atoms with Crippen LogP contribution in [0, 0.1) is 5.92 Å². The molecule has 6 heteroatoms. The van der Waals surface area contributed by atoms with Gasteiger partial charge in [-0.15, -0.1) is 0 Å². The number of carbonyl (C=O) groups excluding carboxylic acids is 1. The summed E-state index contributed by atoms with van der Waals surface area (Å²) in [6, 6.07) is 4.76. The van der Waals surface area contributed by atoms with Crippen LogP contribution in [0.25, 0.3) is 0 Å². The number of benzene rings is 1. The molecule has 1 aliphatic rings. The second-order valence-electron chi connectivity index (χ2n) is 4.14. The van der Waals surface area contributed by atoms with Crippen LogP contribution < -0.4 is 15.8 Å². The van der Waals surface area contributed by atoms with E-state index in [9.17, 15) is 4.79 Å². The van der Waals surface area contributed by atoms with Gasteiger partial charge in [0.15, 0.2) is 0 Å². The Morgan fingerprint density at radius 2 is 2.33 bits per heavy atom. The molecular formula is C12H15ClN2O3. The van der Waals surface area contributed by atoms with Gasteiger partial charge in [0, 0.05) is 11.1 Å². The first-order valence-electron chi connectivity index (χ1n) is 5.59. The normalized spacial score (nSPS) is 22.8. The molecule has 1 aromatic carbocycles. The van der Waals surface area contributed by atoms with E-state index in [1.165, 1.54) is 7.11 Å². The number of nitrogens with one attached hydrogen (secondary N) is 1. The van der Waals surface area contributed by atoms with Crippen LogP contribution in [-0.2, 0) is 9.53 Å². The number of rotatable bonds is 3. The highest BCUT2D eigenvalue weighted by atomic mass is 35.5. The zero-order valence-corrected chi connectivity index (χ0v) is 10.7. The third kappa shape index (κ3) is 2.75. The third-order valence-corrected chi connectivity index (χ3v) is 3.12. The Morgan fingerprint density at radius 3 is 2.94 bits per heavy atom. The van der Waals surface area contributed by atoms with Gasteiger partial charge in [-0.2, -0.15) is 0 Å². The van der Waals surface area contributed by atoms with Gasteiger partial charge in [0.05, 0.1) is 31.9 Å². The van der Waals surface area contributed by atoms with Gasteiger partial charge in [-0.1, -0.05) is 11.6 Å². The van der Waals surface area contributed by atoms with Crippen molar-refractivity contribution in [2.24, 2.45) is 11.7 Å². The van der Waals surface area contributed by atoms with E-state index in [0.717, 1.165) is 0 Å². The summed E-state index contributed by atoms with van der Waals surface area (Å²) in [5.74, 6) is 0.0366. The number of halogens is 1. The average Bonchev–Trinajstić information content (AvgIpc) is 2.76. The quantitative estimate of drug-likeness (QED) is 0.867. The second kappa shape index (κ2) is 5.56. The highest BCUT2D eigenvalue weighted by molar-refractivity contribution is 6.31. The minimum atomic E-state index is -0.339. The first-order chi connectivity index (χ1) is 8.61. The molecule has 2 unspecified atom stereocenters. The van der Waals surface area contributed by atoms with Crippen LogP contribution in [0.4, 0.5) is 5.69 Å². The lowest BCUT2D eigenvalue weighted by Crippen LogP contribution is -2.37. The van der Waals surface area contributed by atoms with Gasteiger partial charge in [-0.3, -0.25) is 4.79 Å². The van der Waals surface area contributed by atoms with E-state index in [4.69, 9.17) is 26.8 Å². The van der Waals surface area contributed by atoms with Crippen molar-refractivity contribution < 1.29 is 14.3 Å². The van der Waals surface area contributed by atoms with Gasteiger partial charge in [0.25, 0.3) is 0 Å². The molecule has 18 heavy (non-hydrogen) atoms. The summed E-state index contributed by atoms with van der Waals surface area (Å²) in [7, 11) is 1.53. The Bertz CT molecular complexity index is 453. The van der Waals surface area contributed by atoms with Gasteiger partial charge < -0.3 is 20.5 Å². The summed E-state index contributed by atoms with van der Waals surface area (Å²) >= 11 is 5.89. The molecule has 3 N–H and O–H groups in total. The molecule has 1 aliphatic heterocycles.